The Kier molecular flexibility index (Phi) is 14.7. The van der Waals surface area contributed by atoms with Crippen LogP contribution in [0.3, 0.4) is 0 Å². The van der Waals surface area contributed by atoms with Gasteiger partial charge in [-0.3, -0.25) is 4.79 Å². The first-order valence-electron chi connectivity index (χ1n) is 21.8. The number of rotatable bonds is 17. The molecule has 0 amide bonds. The lowest BCUT2D eigenvalue weighted by Gasteiger charge is -2.57. The fourth-order valence-corrected chi connectivity index (χ4v) is 10.3. The molecule has 3 aliphatic carbocycles. The van der Waals surface area contributed by atoms with Crippen LogP contribution >= 0.6 is 0 Å². The minimum atomic E-state index is -2.17. The highest BCUT2D eigenvalue weighted by molar-refractivity contribution is 5.91. The van der Waals surface area contributed by atoms with Gasteiger partial charge in [0.15, 0.2) is 5.78 Å². The molecule has 3 saturated carbocycles. The number of hydrogen-bond acceptors (Lipinski definition) is 13. The predicted octanol–water partition coefficient (Wildman–Crippen LogP) is 7.11. The van der Waals surface area contributed by atoms with Crippen molar-refractivity contribution in [2.45, 2.75) is 95.3 Å². The molecule has 342 valence electrons. The van der Waals surface area contributed by atoms with Crippen molar-refractivity contribution in [2.75, 3.05) is 34.4 Å². The van der Waals surface area contributed by atoms with Crippen molar-refractivity contribution in [3.63, 3.8) is 0 Å². The van der Waals surface area contributed by atoms with Gasteiger partial charge in [-0.05, 0) is 73.7 Å². The Bertz CT molecular complexity index is 2170. The van der Waals surface area contributed by atoms with Gasteiger partial charge >= 0.3 is 11.9 Å². The second-order valence-electron chi connectivity index (χ2n) is 17.9. The standard InChI is InChI=1S/C51H60O13/c1-48(2)39-25-26-51(48,56)43(64-47(54)37-19-13-8-14-20-37)27-40-49(3,45(52)44(39)63-32-57-4)41(62-33-59-29-34-15-9-6-10-16-34)28-42(60-30-35-21-23-38(58-5)24-22-35)50(40,55)31-61-46(53)36-17-11-7-12-18-36/h6-24,39-44,55-56H,25-33H2,1-5H3/t39?,40-,41-,42+,43-,44+,49-,50+,51?/m0/s1. The zero-order valence-corrected chi connectivity index (χ0v) is 37.2. The third kappa shape index (κ3) is 9.39. The van der Waals surface area contributed by atoms with Crippen LogP contribution in [0.15, 0.2) is 115 Å². The Labute approximate surface area is 374 Å². The van der Waals surface area contributed by atoms with E-state index in [1.807, 2.05) is 56.3 Å². The first-order valence-corrected chi connectivity index (χ1v) is 21.8. The quantitative estimate of drug-likeness (QED) is 0.0627. The van der Waals surface area contributed by atoms with Crippen LogP contribution in [-0.4, -0.2) is 98.0 Å². The summed E-state index contributed by atoms with van der Waals surface area (Å²) in [6, 6.07) is 33.6. The Morgan fingerprint density at radius 2 is 1.28 bits per heavy atom. The Hall–Kier alpha value is -4.99. The topological polar surface area (TPSA) is 166 Å². The fraction of sp³-hybridized carbons (Fsp3) is 0.471. The molecule has 2 unspecified atom stereocenters. The number of methoxy groups -OCH3 is 2. The van der Waals surface area contributed by atoms with Crippen LogP contribution in [0.2, 0.25) is 0 Å². The zero-order valence-electron chi connectivity index (χ0n) is 37.2. The fourth-order valence-electron chi connectivity index (χ4n) is 10.3. The molecule has 64 heavy (non-hydrogen) atoms. The highest BCUT2D eigenvalue weighted by Gasteiger charge is 2.71. The van der Waals surface area contributed by atoms with E-state index in [4.69, 9.17) is 37.9 Å². The molecule has 0 spiro atoms. The van der Waals surface area contributed by atoms with Crippen molar-refractivity contribution >= 4 is 17.7 Å². The molecule has 3 fully saturated rings. The molecule has 0 saturated heterocycles. The highest BCUT2D eigenvalue weighted by atomic mass is 16.7. The summed E-state index contributed by atoms with van der Waals surface area (Å²) >= 11 is 0. The summed E-state index contributed by atoms with van der Waals surface area (Å²) in [5.74, 6) is -3.05. The van der Waals surface area contributed by atoms with E-state index in [-0.39, 0.29) is 57.2 Å². The van der Waals surface area contributed by atoms with E-state index in [9.17, 15) is 19.8 Å². The molecule has 3 aliphatic rings. The maximum Gasteiger partial charge on any atom is 0.338 e. The number of ketones is 1. The van der Waals surface area contributed by atoms with Gasteiger partial charge in [0.2, 0.25) is 0 Å². The molecular formula is C51H60O13. The van der Waals surface area contributed by atoms with Gasteiger partial charge < -0.3 is 48.1 Å². The average Bonchev–Trinajstić information content (AvgIpc) is 3.56. The number of carbonyl (C=O) groups excluding carboxylic acids is 3. The van der Waals surface area contributed by atoms with E-state index in [0.29, 0.717) is 12.2 Å². The number of hydrogen-bond donors (Lipinski definition) is 2. The van der Waals surface area contributed by atoms with Crippen molar-refractivity contribution in [2.24, 2.45) is 22.7 Å². The molecule has 13 nitrogen and oxygen atoms in total. The highest BCUT2D eigenvalue weighted by Crippen LogP contribution is 2.61. The molecule has 0 radical (unpaired) electrons. The van der Waals surface area contributed by atoms with Gasteiger partial charge in [-0.1, -0.05) is 92.7 Å². The van der Waals surface area contributed by atoms with Gasteiger partial charge in [0.25, 0.3) is 0 Å². The van der Waals surface area contributed by atoms with Crippen molar-refractivity contribution < 1.29 is 62.5 Å². The monoisotopic (exact) mass is 880 g/mol. The van der Waals surface area contributed by atoms with Gasteiger partial charge in [0, 0.05) is 30.8 Å². The van der Waals surface area contributed by atoms with E-state index < -0.39 is 82.6 Å². The Morgan fingerprint density at radius 3 is 1.91 bits per heavy atom. The number of carbonyl (C=O) groups is 3. The Morgan fingerprint density at radius 1 is 0.672 bits per heavy atom. The number of ether oxygens (including phenoxy) is 8. The van der Waals surface area contributed by atoms with Crippen molar-refractivity contribution in [1.82, 2.24) is 0 Å². The summed E-state index contributed by atoms with van der Waals surface area (Å²) < 4.78 is 49.0. The summed E-state index contributed by atoms with van der Waals surface area (Å²) in [5, 5.41) is 26.8. The first-order chi connectivity index (χ1) is 30.8. The molecule has 4 aromatic rings. The summed E-state index contributed by atoms with van der Waals surface area (Å²) in [6.45, 7) is 4.52. The van der Waals surface area contributed by atoms with Crippen LogP contribution in [0.5, 0.6) is 5.75 Å². The largest absolute Gasteiger partial charge is 0.497 e. The molecule has 7 rings (SSSR count). The predicted molar refractivity (Wildman–Crippen MR) is 234 cm³/mol. The van der Waals surface area contributed by atoms with Gasteiger partial charge in [0.1, 0.15) is 49.4 Å². The van der Waals surface area contributed by atoms with Gasteiger partial charge in [0.05, 0.1) is 49.1 Å². The Balaban J connectivity index is 1.37. The van der Waals surface area contributed by atoms with Crippen LogP contribution < -0.4 is 4.74 Å². The lowest BCUT2D eigenvalue weighted by molar-refractivity contribution is -0.267. The average molecular weight is 881 g/mol. The SMILES string of the molecule is COCO[C@H]1C(=O)[C@]2(C)[C@@H](OCOCc3ccccc3)C[C@@H](OCc3ccc(OC)cc3)[C@@](O)(COC(=O)c3ccccc3)[C@H]2C[C@H](OC(=O)c2ccccc2)C2(O)CCC1C2(C)C. The van der Waals surface area contributed by atoms with Crippen LogP contribution in [0.25, 0.3) is 0 Å². The molecule has 0 heterocycles. The van der Waals surface area contributed by atoms with E-state index in [1.54, 1.807) is 86.8 Å². The molecular weight excluding hydrogens is 821 g/mol. The minimum absolute atomic E-state index is 0.00322. The van der Waals surface area contributed by atoms with Crippen molar-refractivity contribution in [3.05, 3.63) is 138 Å². The zero-order chi connectivity index (χ0) is 45.5. The van der Waals surface area contributed by atoms with Crippen LogP contribution in [0.4, 0.5) is 0 Å². The van der Waals surface area contributed by atoms with Gasteiger partial charge in [-0.15, -0.1) is 0 Å². The molecule has 2 bridgehead atoms. The van der Waals surface area contributed by atoms with Crippen LogP contribution in [0, 0.1) is 22.7 Å². The number of benzene rings is 4. The third-order valence-electron chi connectivity index (χ3n) is 14.1. The molecule has 2 N–H and O–H groups in total. The maximum atomic E-state index is 15.9. The molecule has 13 heteroatoms. The summed E-state index contributed by atoms with van der Waals surface area (Å²) in [4.78, 5) is 43.8. The number of Topliss-reactive ketones (excluding diaryl/α,β-unsaturated/α-hetero) is 1. The summed E-state index contributed by atoms with van der Waals surface area (Å²) in [5.41, 5.74) is -4.51. The van der Waals surface area contributed by atoms with E-state index >= 15 is 4.79 Å². The van der Waals surface area contributed by atoms with E-state index in [0.717, 1.165) is 11.1 Å². The molecule has 0 aliphatic heterocycles. The molecule has 4 aromatic carbocycles. The summed E-state index contributed by atoms with van der Waals surface area (Å²) in [6.07, 6.45) is -4.49. The van der Waals surface area contributed by atoms with Crippen LogP contribution in [-0.2, 0) is 51.2 Å². The van der Waals surface area contributed by atoms with Gasteiger partial charge in [-0.2, -0.15) is 0 Å². The number of fused-ring (bicyclic) bond motifs is 3. The van der Waals surface area contributed by atoms with Crippen molar-refractivity contribution in [3.8, 4) is 5.75 Å². The van der Waals surface area contributed by atoms with E-state index in [2.05, 4.69) is 0 Å². The maximum absolute atomic E-state index is 15.9. The normalized spacial score (nSPS) is 29.7. The molecule has 0 aromatic heterocycles. The molecule has 9 atom stereocenters. The smallest absolute Gasteiger partial charge is 0.338 e. The third-order valence-corrected chi connectivity index (χ3v) is 14.1. The minimum Gasteiger partial charge on any atom is -0.497 e. The second-order valence-corrected chi connectivity index (χ2v) is 17.9. The number of esters is 2. The van der Waals surface area contributed by atoms with Gasteiger partial charge in [-0.25, -0.2) is 9.59 Å². The van der Waals surface area contributed by atoms with Crippen molar-refractivity contribution in [1.29, 1.82) is 0 Å². The number of aliphatic hydroxyl groups is 2. The second kappa shape index (κ2) is 20.0. The van der Waals surface area contributed by atoms with Crippen LogP contribution in [0.1, 0.15) is 78.3 Å². The lowest BCUT2D eigenvalue weighted by atomic mass is 9.53. The lowest BCUT2D eigenvalue weighted by Crippen LogP contribution is -2.70. The first kappa shape index (κ1) is 47.0. The van der Waals surface area contributed by atoms with E-state index in [1.165, 1.54) is 7.11 Å². The summed E-state index contributed by atoms with van der Waals surface area (Å²) in [7, 11) is 3.03.